The Labute approximate surface area is 211 Å². The summed E-state index contributed by atoms with van der Waals surface area (Å²) in [6, 6.07) is 10.7. The Morgan fingerprint density at radius 1 is 1.06 bits per heavy atom. The van der Waals surface area contributed by atoms with Crippen LogP contribution in [-0.2, 0) is 24.8 Å². The van der Waals surface area contributed by atoms with Gasteiger partial charge in [0.25, 0.3) is 0 Å². The van der Waals surface area contributed by atoms with E-state index in [9.17, 15) is 21.6 Å². The average molecular weight is 548 g/mol. The van der Waals surface area contributed by atoms with Crippen LogP contribution in [0.3, 0.4) is 0 Å². The zero-order valence-corrected chi connectivity index (χ0v) is 22.4. The zero-order valence-electron chi connectivity index (χ0n) is 20.0. The van der Waals surface area contributed by atoms with Crippen LogP contribution in [0.25, 0.3) is 0 Å². The van der Waals surface area contributed by atoms with Gasteiger partial charge in [-0.15, -0.1) is 0 Å². The molecule has 2 aromatic carbocycles. The van der Waals surface area contributed by atoms with Crippen molar-refractivity contribution in [2.24, 2.45) is 0 Å². The second kappa shape index (κ2) is 12.4. The zero-order chi connectivity index (χ0) is 26.2. The minimum atomic E-state index is -3.58. The molecule has 0 atom stereocenters. The summed E-state index contributed by atoms with van der Waals surface area (Å²) in [5, 5.41) is 2.99. The lowest BCUT2D eigenvalue weighted by Crippen LogP contribution is -2.33. The normalized spacial score (nSPS) is 11.8. The molecule has 0 saturated carbocycles. The van der Waals surface area contributed by atoms with Crippen LogP contribution in [-0.4, -0.2) is 74.2 Å². The fourth-order valence-corrected chi connectivity index (χ4v) is 5.16. The van der Waals surface area contributed by atoms with Gasteiger partial charge in [-0.25, -0.2) is 21.1 Å². The average Bonchev–Trinajstić information content (AvgIpc) is 2.79. The number of benzene rings is 2. The standard InChI is InChI=1S/C22H30ClN3O7S2/c1-25(2)35(30,31)19-10-8-18(9-11-19)33-15-13-24-22(27)6-5-14-26(34(4,28)29)17-7-12-21(32-3)20(23)16-17/h7-12,16H,5-6,13-15H2,1-4H3,(H,24,27). The summed E-state index contributed by atoms with van der Waals surface area (Å²) < 4.78 is 61.5. The number of nitrogens with zero attached hydrogens (tertiary/aromatic N) is 2. The van der Waals surface area contributed by atoms with Crippen LogP contribution in [0.4, 0.5) is 5.69 Å². The Balaban J connectivity index is 1.79. The second-order valence-corrected chi connectivity index (χ2v) is 12.2. The van der Waals surface area contributed by atoms with Gasteiger partial charge in [-0.2, -0.15) is 0 Å². The maximum Gasteiger partial charge on any atom is 0.242 e. The minimum Gasteiger partial charge on any atom is -0.495 e. The van der Waals surface area contributed by atoms with Gasteiger partial charge < -0.3 is 14.8 Å². The monoisotopic (exact) mass is 547 g/mol. The van der Waals surface area contributed by atoms with E-state index in [0.717, 1.165) is 10.6 Å². The number of sulfonamides is 2. The quantitative estimate of drug-likeness (QED) is 0.382. The Kier molecular flexibility index (Phi) is 10.2. The molecule has 2 rings (SSSR count). The van der Waals surface area contributed by atoms with Gasteiger partial charge in [-0.3, -0.25) is 9.10 Å². The molecule has 1 N–H and O–H groups in total. The molecule has 0 bridgehead atoms. The molecule has 0 aliphatic heterocycles. The summed E-state index contributed by atoms with van der Waals surface area (Å²) >= 11 is 6.11. The van der Waals surface area contributed by atoms with Crippen LogP contribution < -0.4 is 19.1 Å². The highest BCUT2D eigenvalue weighted by molar-refractivity contribution is 7.92. The van der Waals surface area contributed by atoms with Crippen LogP contribution in [0.5, 0.6) is 11.5 Å². The molecule has 0 unspecified atom stereocenters. The van der Waals surface area contributed by atoms with Crippen molar-refractivity contribution in [3.8, 4) is 11.5 Å². The Morgan fingerprint density at radius 2 is 1.71 bits per heavy atom. The number of hydrogen-bond donors (Lipinski definition) is 1. The smallest absolute Gasteiger partial charge is 0.242 e. The first-order chi connectivity index (χ1) is 16.4. The number of nitrogens with one attached hydrogen (secondary N) is 1. The van der Waals surface area contributed by atoms with E-state index < -0.39 is 20.0 Å². The third-order valence-electron chi connectivity index (χ3n) is 4.88. The molecule has 35 heavy (non-hydrogen) atoms. The first-order valence-corrected chi connectivity index (χ1v) is 14.3. The van der Waals surface area contributed by atoms with Gasteiger partial charge in [-0.05, 0) is 48.9 Å². The number of hydrogen-bond acceptors (Lipinski definition) is 7. The van der Waals surface area contributed by atoms with Crippen molar-refractivity contribution in [3.05, 3.63) is 47.5 Å². The van der Waals surface area contributed by atoms with E-state index in [4.69, 9.17) is 21.1 Å². The molecule has 194 valence electrons. The van der Waals surface area contributed by atoms with Crippen molar-refractivity contribution in [1.82, 2.24) is 9.62 Å². The van der Waals surface area contributed by atoms with Crippen molar-refractivity contribution in [2.45, 2.75) is 17.7 Å². The van der Waals surface area contributed by atoms with E-state index in [1.54, 1.807) is 24.3 Å². The molecule has 0 spiro atoms. The SMILES string of the molecule is COc1ccc(N(CCCC(=O)NCCOc2ccc(S(=O)(=O)N(C)C)cc2)S(C)(=O)=O)cc1Cl. The van der Waals surface area contributed by atoms with Crippen LogP contribution in [0.15, 0.2) is 47.4 Å². The molecule has 0 aromatic heterocycles. The summed E-state index contributed by atoms with van der Waals surface area (Å²) in [5.41, 5.74) is 0.386. The molecule has 0 fully saturated rings. The van der Waals surface area contributed by atoms with Crippen LogP contribution in [0.1, 0.15) is 12.8 Å². The van der Waals surface area contributed by atoms with Gasteiger partial charge in [0.1, 0.15) is 18.1 Å². The highest BCUT2D eigenvalue weighted by atomic mass is 35.5. The largest absolute Gasteiger partial charge is 0.495 e. The molecule has 13 heteroatoms. The molecule has 2 aromatic rings. The van der Waals surface area contributed by atoms with E-state index in [0.29, 0.717) is 23.6 Å². The van der Waals surface area contributed by atoms with Gasteiger partial charge in [0.05, 0.1) is 35.5 Å². The van der Waals surface area contributed by atoms with Gasteiger partial charge >= 0.3 is 0 Å². The lowest BCUT2D eigenvalue weighted by atomic mass is 10.2. The first kappa shape index (κ1) is 28.7. The molecule has 10 nitrogen and oxygen atoms in total. The van der Waals surface area contributed by atoms with E-state index in [1.165, 1.54) is 43.7 Å². The predicted molar refractivity (Wildman–Crippen MR) is 135 cm³/mol. The summed E-state index contributed by atoms with van der Waals surface area (Å²) in [7, 11) is -2.72. The van der Waals surface area contributed by atoms with E-state index in [2.05, 4.69) is 5.32 Å². The topological polar surface area (TPSA) is 122 Å². The third kappa shape index (κ3) is 8.27. The fraction of sp³-hybridized carbons (Fsp3) is 0.409. The number of anilines is 1. The highest BCUT2D eigenvalue weighted by Crippen LogP contribution is 2.30. The number of carbonyl (C=O) groups is 1. The Bertz CT molecular complexity index is 1220. The minimum absolute atomic E-state index is 0.105. The van der Waals surface area contributed by atoms with Gasteiger partial charge in [-0.1, -0.05) is 11.6 Å². The van der Waals surface area contributed by atoms with E-state index in [1.807, 2.05) is 0 Å². The van der Waals surface area contributed by atoms with E-state index >= 15 is 0 Å². The fourth-order valence-electron chi connectivity index (χ4n) is 3.05. The molecule has 0 heterocycles. The molecule has 0 saturated heterocycles. The highest BCUT2D eigenvalue weighted by Gasteiger charge is 2.19. The first-order valence-electron chi connectivity index (χ1n) is 10.6. The van der Waals surface area contributed by atoms with Gasteiger partial charge in [0.15, 0.2) is 0 Å². The number of halogens is 1. The third-order valence-corrected chi connectivity index (χ3v) is 8.20. The molecule has 0 radical (unpaired) electrons. The van der Waals surface area contributed by atoms with Gasteiger partial charge in [0.2, 0.25) is 26.0 Å². The summed E-state index contributed by atoms with van der Waals surface area (Å²) in [6.45, 7) is 0.527. The Hall–Kier alpha value is -2.54. The second-order valence-electron chi connectivity index (χ2n) is 7.71. The summed E-state index contributed by atoms with van der Waals surface area (Å²) in [4.78, 5) is 12.3. The van der Waals surface area contributed by atoms with Crippen molar-refractivity contribution < 1.29 is 31.1 Å². The van der Waals surface area contributed by atoms with Crippen molar-refractivity contribution in [1.29, 1.82) is 0 Å². The molecule has 0 aliphatic rings. The van der Waals surface area contributed by atoms with E-state index in [-0.39, 0.29) is 41.9 Å². The number of rotatable bonds is 13. The van der Waals surface area contributed by atoms with Gasteiger partial charge in [0, 0.05) is 27.1 Å². The predicted octanol–water partition coefficient (Wildman–Crippen LogP) is 2.34. The number of amides is 1. The molecular weight excluding hydrogens is 518 g/mol. The molecule has 1 amide bonds. The van der Waals surface area contributed by atoms with Crippen LogP contribution >= 0.6 is 11.6 Å². The van der Waals surface area contributed by atoms with Crippen molar-refractivity contribution >= 4 is 43.2 Å². The number of ether oxygens (including phenoxy) is 2. The Morgan fingerprint density at radius 3 is 2.26 bits per heavy atom. The lowest BCUT2D eigenvalue weighted by molar-refractivity contribution is -0.121. The van der Waals surface area contributed by atoms with Crippen LogP contribution in [0, 0.1) is 0 Å². The van der Waals surface area contributed by atoms with Crippen molar-refractivity contribution in [2.75, 3.05) is 51.5 Å². The maximum absolute atomic E-state index is 12.2. The summed E-state index contributed by atoms with van der Waals surface area (Å²) in [6.07, 6.45) is 1.50. The number of methoxy groups -OCH3 is 1. The lowest BCUT2D eigenvalue weighted by Gasteiger charge is -2.23. The van der Waals surface area contributed by atoms with Crippen LogP contribution in [0.2, 0.25) is 5.02 Å². The molecular formula is C22H30ClN3O7S2. The maximum atomic E-state index is 12.2. The van der Waals surface area contributed by atoms with Crippen molar-refractivity contribution in [3.63, 3.8) is 0 Å². The summed E-state index contributed by atoms with van der Waals surface area (Å²) in [5.74, 6) is 0.654. The molecule has 0 aliphatic carbocycles. The number of carbonyl (C=O) groups excluding carboxylic acids is 1.